The molecule has 4 N–H and O–H groups in total. The summed E-state index contributed by atoms with van der Waals surface area (Å²) in [5.41, 5.74) is 5.04. The molecule has 3 aliphatic rings. The molecule has 2 fully saturated rings. The number of carbonyl (C=O) groups is 3. The predicted octanol–water partition coefficient (Wildman–Crippen LogP) is 3.30. The summed E-state index contributed by atoms with van der Waals surface area (Å²) < 4.78 is 0. The van der Waals surface area contributed by atoms with Crippen LogP contribution in [0.3, 0.4) is 0 Å². The molecule has 4 rings (SSSR count). The Labute approximate surface area is 218 Å². The number of piperazine rings is 1. The zero-order chi connectivity index (χ0) is 26.8. The van der Waals surface area contributed by atoms with Gasteiger partial charge in [-0.25, -0.2) is 5.43 Å². The number of benzene rings is 1. The molecular formula is C26H38ClN5O4. The number of aliphatic hydroxyl groups excluding tert-OH is 1. The van der Waals surface area contributed by atoms with Gasteiger partial charge in [0.05, 0.1) is 25.4 Å². The summed E-state index contributed by atoms with van der Waals surface area (Å²) in [5, 5.41) is 18.1. The summed E-state index contributed by atoms with van der Waals surface area (Å²) in [6.45, 7) is 11.7. The minimum absolute atomic E-state index is 0.00379. The molecule has 1 aliphatic carbocycles. The number of rotatable bonds is 6. The fourth-order valence-corrected chi connectivity index (χ4v) is 4.49. The smallest absolute Gasteiger partial charge is 0.272 e. The van der Waals surface area contributed by atoms with Gasteiger partial charge in [0, 0.05) is 34.2 Å². The second-order valence-electron chi connectivity index (χ2n) is 10.3. The number of aliphatic hydroxyl groups is 1. The van der Waals surface area contributed by atoms with Gasteiger partial charge in [-0.05, 0) is 43.5 Å². The molecular weight excluding hydrogens is 482 g/mol. The van der Waals surface area contributed by atoms with Crippen LogP contribution in [-0.2, 0) is 21.0 Å². The largest absolute Gasteiger partial charge is 0.392 e. The molecule has 2 atom stereocenters. The van der Waals surface area contributed by atoms with E-state index < -0.39 is 11.5 Å². The third kappa shape index (κ3) is 6.02. The van der Waals surface area contributed by atoms with Crippen molar-refractivity contribution in [2.24, 2.45) is 11.3 Å². The highest BCUT2D eigenvalue weighted by Crippen LogP contribution is 2.38. The monoisotopic (exact) mass is 519 g/mol. The van der Waals surface area contributed by atoms with E-state index in [9.17, 15) is 19.5 Å². The van der Waals surface area contributed by atoms with Crippen LogP contribution in [0.1, 0.15) is 71.6 Å². The fraction of sp³-hybridized carbons (Fsp3) is 0.577. The average Bonchev–Trinajstić information content (AvgIpc) is 3.59. The number of carbonyl (C=O) groups excluding carboxylic acids is 3. The SMILES string of the molecule is CC.CC1CN(CNC(=O)C(C)(C)C)C(=O)C2=CC(c3c(CO)cc(Cl)cc3NC(=O)C3CC3)NN21. The maximum Gasteiger partial charge on any atom is 0.272 e. The Hall–Kier alpha value is -2.62. The van der Waals surface area contributed by atoms with Crippen LogP contribution >= 0.6 is 11.6 Å². The molecule has 2 aliphatic heterocycles. The molecule has 0 bridgehead atoms. The van der Waals surface area contributed by atoms with Gasteiger partial charge in [-0.1, -0.05) is 46.2 Å². The summed E-state index contributed by atoms with van der Waals surface area (Å²) in [6.07, 6.45) is 3.52. The summed E-state index contributed by atoms with van der Waals surface area (Å²) >= 11 is 6.26. The molecule has 1 aromatic rings. The number of hydrogen-bond donors (Lipinski definition) is 4. The van der Waals surface area contributed by atoms with E-state index in [2.05, 4.69) is 16.1 Å². The molecule has 10 heteroatoms. The topological polar surface area (TPSA) is 114 Å². The molecule has 3 amide bonds. The highest BCUT2D eigenvalue weighted by atomic mass is 35.5. The van der Waals surface area contributed by atoms with Crippen LogP contribution in [0.25, 0.3) is 0 Å². The Balaban J connectivity index is 0.00000176. The lowest BCUT2D eigenvalue weighted by molar-refractivity contribution is -0.136. The normalized spacial score (nSPS) is 21.3. The number of nitrogens with one attached hydrogen (secondary N) is 3. The first-order valence-electron chi connectivity index (χ1n) is 12.6. The second-order valence-corrected chi connectivity index (χ2v) is 10.7. The number of hydrogen-bond acceptors (Lipinski definition) is 6. The van der Waals surface area contributed by atoms with Crippen molar-refractivity contribution in [3.8, 4) is 0 Å². The Morgan fingerprint density at radius 1 is 1.22 bits per heavy atom. The van der Waals surface area contributed by atoms with E-state index >= 15 is 0 Å². The Bertz CT molecular complexity index is 1050. The van der Waals surface area contributed by atoms with Crippen LogP contribution in [-0.4, -0.2) is 52.0 Å². The molecule has 2 unspecified atom stereocenters. The van der Waals surface area contributed by atoms with Gasteiger partial charge in [-0.2, -0.15) is 0 Å². The fourth-order valence-electron chi connectivity index (χ4n) is 4.25. The van der Waals surface area contributed by atoms with Gasteiger partial charge in [0.1, 0.15) is 5.70 Å². The molecule has 1 aromatic carbocycles. The van der Waals surface area contributed by atoms with Crippen molar-refractivity contribution in [1.82, 2.24) is 20.7 Å². The van der Waals surface area contributed by atoms with E-state index in [1.165, 1.54) is 0 Å². The van der Waals surface area contributed by atoms with E-state index in [-0.39, 0.29) is 43.0 Å². The van der Waals surface area contributed by atoms with E-state index in [4.69, 9.17) is 11.6 Å². The van der Waals surface area contributed by atoms with Gasteiger partial charge in [0.25, 0.3) is 5.91 Å². The Morgan fingerprint density at radius 3 is 2.47 bits per heavy atom. The van der Waals surface area contributed by atoms with Crippen LogP contribution in [0.15, 0.2) is 23.9 Å². The van der Waals surface area contributed by atoms with Crippen LogP contribution in [0, 0.1) is 11.3 Å². The van der Waals surface area contributed by atoms with Crippen molar-refractivity contribution in [3.05, 3.63) is 40.1 Å². The third-order valence-corrected chi connectivity index (χ3v) is 6.54. The molecule has 0 aromatic heterocycles. The predicted molar refractivity (Wildman–Crippen MR) is 140 cm³/mol. The highest BCUT2D eigenvalue weighted by Gasteiger charge is 2.40. The Morgan fingerprint density at radius 2 is 1.89 bits per heavy atom. The summed E-state index contributed by atoms with van der Waals surface area (Å²) in [5.74, 6) is -0.396. The van der Waals surface area contributed by atoms with Crippen molar-refractivity contribution >= 4 is 35.0 Å². The molecule has 1 saturated carbocycles. The van der Waals surface area contributed by atoms with Crippen LogP contribution in [0.5, 0.6) is 0 Å². The van der Waals surface area contributed by atoms with Gasteiger partial charge < -0.3 is 20.6 Å². The number of nitrogens with zero attached hydrogens (tertiary/aromatic N) is 2. The first-order chi connectivity index (χ1) is 17.0. The zero-order valence-electron chi connectivity index (χ0n) is 21.9. The number of fused-ring (bicyclic) bond motifs is 1. The average molecular weight is 520 g/mol. The van der Waals surface area contributed by atoms with Crippen LogP contribution in [0.2, 0.25) is 5.02 Å². The van der Waals surface area contributed by atoms with Gasteiger partial charge in [-0.15, -0.1) is 0 Å². The maximum absolute atomic E-state index is 13.2. The van der Waals surface area contributed by atoms with Gasteiger partial charge in [0.15, 0.2) is 0 Å². The van der Waals surface area contributed by atoms with Crippen molar-refractivity contribution in [3.63, 3.8) is 0 Å². The van der Waals surface area contributed by atoms with Gasteiger partial charge >= 0.3 is 0 Å². The third-order valence-electron chi connectivity index (χ3n) is 6.32. The minimum atomic E-state index is -0.549. The maximum atomic E-state index is 13.2. The van der Waals surface area contributed by atoms with Crippen molar-refractivity contribution in [1.29, 1.82) is 0 Å². The molecule has 0 radical (unpaired) electrons. The highest BCUT2D eigenvalue weighted by molar-refractivity contribution is 6.31. The van der Waals surface area contributed by atoms with E-state index in [1.807, 2.05) is 46.6 Å². The van der Waals surface area contributed by atoms with E-state index in [0.717, 1.165) is 12.8 Å². The standard InChI is InChI=1S/C24H32ClN5O4.C2H6/c1-13-10-29(12-26-23(34)24(2,3)4)22(33)19-9-18(28-30(13)19)20-15(11-31)7-16(25)8-17(20)27-21(32)14-5-6-14;1-2/h7-9,13-14,18,28,31H,5-6,10-12H2,1-4H3,(H,26,34)(H,27,32);1-2H3. The molecule has 0 spiro atoms. The summed E-state index contributed by atoms with van der Waals surface area (Å²) in [4.78, 5) is 39.6. The minimum Gasteiger partial charge on any atom is -0.392 e. The first kappa shape index (κ1) is 28.0. The van der Waals surface area contributed by atoms with Gasteiger partial charge in [-0.3, -0.25) is 19.4 Å². The number of hydrazine groups is 1. The van der Waals surface area contributed by atoms with Crippen LogP contribution in [0.4, 0.5) is 5.69 Å². The molecule has 198 valence electrons. The number of halogens is 1. The van der Waals surface area contributed by atoms with Crippen molar-refractivity contribution < 1.29 is 19.5 Å². The van der Waals surface area contributed by atoms with E-state index in [1.54, 1.807) is 23.1 Å². The van der Waals surface area contributed by atoms with Crippen molar-refractivity contribution in [2.45, 2.75) is 73.1 Å². The van der Waals surface area contributed by atoms with E-state index in [0.29, 0.717) is 34.1 Å². The summed E-state index contributed by atoms with van der Waals surface area (Å²) in [7, 11) is 0. The number of anilines is 1. The quantitative estimate of drug-likeness (QED) is 0.458. The zero-order valence-corrected chi connectivity index (χ0v) is 22.7. The van der Waals surface area contributed by atoms with Crippen molar-refractivity contribution in [2.75, 3.05) is 18.5 Å². The lowest BCUT2D eigenvalue weighted by Crippen LogP contribution is -2.58. The Kier molecular flexibility index (Phi) is 8.69. The lowest BCUT2D eigenvalue weighted by atomic mass is 9.96. The van der Waals surface area contributed by atoms with Gasteiger partial charge in [0.2, 0.25) is 11.8 Å². The molecule has 9 nitrogen and oxygen atoms in total. The lowest BCUT2D eigenvalue weighted by Gasteiger charge is -2.40. The van der Waals surface area contributed by atoms with Crippen LogP contribution < -0.4 is 16.1 Å². The number of amides is 3. The molecule has 36 heavy (non-hydrogen) atoms. The molecule has 2 heterocycles. The summed E-state index contributed by atoms with van der Waals surface area (Å²) in [6, 6.07) is 2.84. The first-order valence-corrected chi connectivity index (χ1v) is 13.0. The molecule has 1 saturated heterocycles. The second kappa shape index (κ2) is 11.2.